The number of aromatic hydroxyl groups is 2. The van der Waals surface area contributed by atoms with Crippen LogP contribution >= 0.6 is 0 Å². The molecule has 2 N–H and O–H groups in total. The Labute approximate surface area is 145 Å². The maximum Gasteiger partial charge on any atom is 0.169 e. The smallest absolute Gasteiger partial charge is 0.169 e. The molecule has 2 aliphatic heterocycles. The fourth-order valence-corrected chi connectivity index (χ4v) is 3.24. The van der Waals surface area contributed by atoms with Crippen LogP contribution < -0.4 is 9.47 Å². The molecule has 4 nitrogen and oxygen atoms in total. The largest absolute Gasteiger partial charge is 0.504 e. The Balaban J connectivity index is 1.99. The first kappa shape index (κ1) is 15.4. The lowest BCUT2D eigenvalue weighted by Gasteiger charge is -2.20. The summed E-state index contributed by atoms with van der Waals surface area (Å²) in [7, 11) is 0. The average molecular weight is 334 g/mol. The van der Waals surface area contributed by atoms with Gasteiger partial charge in [0.2, 0.25) is 0 Å². The maximum absolute atomic E-state index is 10.7. The average Bonchev–Trinajstić information content (AvgIpc) is 2.63. The Morgan fingerprint density at radius 2 is 1.16 bits per heavy atom. The minimum atomic E-state index is -0.179. The van der Waals surface area contributed by atoms with Crippen LogP contribution in [-0.2, 0) is 0 Å². The number of phenols is 2. The van der Waals surface area contributed by atoms with E-state index in [-0.39, 0.29) is 17.4 Å². The summed E-state index contributed by atoms with van der Waals surface area (Å²) in [6.07, 6.45) is 0.706. The van der Waals surface area contributed by atoms with E-state index in [0.717, 1.165) is 0 Å². The van der Waals surface area contributed by atoms with E-state index in [2.05, 4.69) is 0 Å². The van der Waals surface area contributed by atoms with Crippen LogP contribution in [0.2, 0.25) is 0 Å². The van der Waals surface area contributed by atoms with E-state index >= 15 is 0 Å². The standard InChI is InChI=1S/C21H18O4/c1-2-15-16-5-3-7-18(20(16)22)24-13-9-11-14(12-10-13)25-19-8-4-6-17(15)21(19)23/h3-12,15,22-23H,2H2,1H3. The molecule has 0 amide bonds. The molecule has 0 unspecified atom stereocenters. The molecule has 2 aliphatic rings. The van der Waals surface area contributed by atoms with Crippen LogP contribution in [0.15, 0.2) is 60.7 Å². The van der Waals surface area contributed by atoms with Crippen molar-refractivity contribution in [1.82, 2.24) is 0 Å². The van der Waals surface area contributed by atoms with E-state index in [9.17, 15) is 10.2 Å². The monoisotopic (exact) mass is 334 g/mol. The van der Waals surface area contributed by atoms with E-state index < -0.39 is 0 Å². The number of para-hydroxylation sites is 2. The highest BCUT2D eigenvalue weighted by Crippen LogP contribution is 2.46. The fourth-order valence-electron chi connectivity index (χ4n) is 3.24. The summed E-state index contributed by atoms with van der Waals surface area (Å²) >= 11 is 0. The summed E-state index contributed by atoms with van der Waals surface area (Å²) in [5.74, 6) is 1.97. The molecule has 0 saturated heterocycles. The molecule has 0 saturated carbocycles. The van der Waals surface area contributed by atoms with Gasteiger partial charge in [-0.05, 0) is 42.8 Å². The van der Waals surface area contributed by atoms with Gasteiger partial charge in [0.1, 0.15) is 11.5 Å². The number of fused-ring (bicyclic) bond motifs is 2. The third-order valence-corrected chi connectivity index (χ3v) is 4.50. The number of benzene rings is 3. The van der Waals surface area contributed by atoms with Crippen LogP contribution in [0.25, 0.3) is 0 Å². The van der Waals surface area contributed by atoms with Crippen LogP contribution in [0.3, 0.4) is 0 Å². The molecular weight excluding hydrogens is 316 g/mol. The van der Waals surface area contributed by atoms with E-state index in [0.29, 0.717) is 40.5 Å². The van der Waals surface area contributed by atoms with Gasteiger partial charge in [0.25, 0.3) is 0 Å². The molecule has 126 valence electrons. The van der Waals surface area contributed by atoms with Crippen LogP contribution in [0.5, 0.6) is 34.5 Å². The summed E-state index contributed by atoms with van der Waals surface area (Å²) in [5, 5.41) is 21.5. The van der Waals surface area contributed by atoms with Crippen molar-refractivity contribution in [3.63, 3.8) is 0 Å². The lowest BCUT2D eigenvalue weighted by Crippen LogP contribution is -2.02. The van der Waals surface area contributed by atoms with Gasteiger partial charge in [-0.25, -0.2) is 0 Å². The zero-order valence-electron chi connectivity index (χ0n) is 13.8. The molecule has 0 fully saturated rings. The Kier molecular flexibility index (Phi) is 3.73. The first-order valence-corrected chi connectivity index (χ1v) is 8.27. The van der Waals surface area contributed by atoms with Gasteiger partial charge >= 0.3 is 0 Å². The Hall–Kier alpha value is -3.14. The lowest BCUT2D eigenvalue weighted by atomic mass is 9.87. The number of ether oxygens (including phenoxy) is 2. The van der Waals surface area contributed by atoms with Crippen LogP contribution in [0.4, 0.5) is 0 Å². The minimum absolute atomic E-state index is 0.0865. The number of hydrogen-bond acceptors (Lipinski definition) is 4. The molecule has 4 heteroatoms. The van der Waals surface area contributed by atoms with Crippen LogP contribution in [0, 0.1) is 0 Å². The molecule has 0 spiro atoms. The van der Waals surface area contributed by atoms with Gasteiger partial charge in [-0.1, -0.05) is 31.2 Å². The highest BCUT2D eigenvalue weighted by atomic mass is 16.5. The van der Waals surface area contributed by atoms with Crippen molar-refractivity contribution in [2.45, 2.75) is 19.3 Å². The van der Waals surface area contributed by atoms with Crippen molar-refractivity contribution in [2.75, 3.05) is 0 Å². The van der Waals surface area contributed by atoms with Crippen molar-refractivity contribution in [3.8, 4) is 34.5 Å². The van der Waals surface area contributed by atoms with E-state index in [1.165, 1.54) is 0 Å². The van der Waals surface area contributed by atoms with Gasteiger partial charge in [0.05, 0.1) is 0 Å². The fraction of sp³-hybridized carbons (Fsp3) is 0.143. The summed E-state index contributed by atoms with van der Waals surface area (Å²) in [5.41, 5.74) is 1.42. The van der Waals surface area contributed by atoms with Gasteiger partial charge in [0, 0.05) is 17.0 Å². The number of phenolic OH excluding ortho intramolecular Hbond substituents is 2. The first-order chi connectivity index (χ1) is 12.2. The van der Waals surface area contributed by atoms with Gasteiger partial charge in [-0.2, -0.15) is 0 Å². The second-order valence-corrected chi connectivity index (χ2v) is 6.02. The quantitative estimate of drug-likeness (QED) is 0.613. The molecule has 25 heavy (non-hydrogen) atoms. The Bertz CT molecular complexity index is 841. The number of rotatable bonds is 1. The molecule has 5 rings (SSSR count). The molecule has 0 atom stereocenters. The molecule has 3 aromatic rings. The van der Waals surface area contributed by atoms with Gasteiger partial charge in [-0.3, -0.25) is 0 Å². The maximum atomic E-state index is 10.7. The normalized spacial score (nSPS) is 13.2. The minimum Gasteiger partial charge on any atom is -0.504 e. The van der Waals surface area contributed by atoms with Gasteiger partial charge < -0.3 is 19.7 Å². The zero-order valence-corrected chi connectivity index (χ0v) is 13.8. The summed E-state index contributed by atoms with van der Waals surface area (Å²) in [6.45, 7) is 2.01. The summed E-state index contributed by atoms with van der Waals surface area (Å²) in [6, 6.07) is 17.9. The van der Waals surface area contributed by atoms with E-state index in [4.69, 9.17) is 9.47 Å². The predicted octanol–water partition coefficient (Wildman–Crippen LogP) is 5.54. The third-order valence-electron chi connectivity index (χ3n) is 4.50. The van der Waals surface area contributed by atoms with Crippen molar-refractivity contribution >= 4 is 0 Å². The van der Waals surface area contributed by atoms with E-state index in [1.54, 1.807) is 36.4 Å². The molecular formula is C21H18O4. The Morgan fingerprint density at radius 1 is 0.720 bits per heavy atom. The molecule has 0 aromatic heterocycles. The predicted molar refractivity (Wildman–Crippen MR) is 94.9 cm³/mol. The lowest BCUT2D eigenvalue weighted by molar-refractivity contribution is 0.401. The van der Waals surface area contributed by atoms with Crippen molar-refractivity contribution in [3.05, 3.63) is 71.8 Å². The summed E-state index contributed by atoms with van der Waals surface area (Å²) < 4.78 is 11.7. The van der Waals surface area contributed by atoms with Crippen molar-refractivity contribution in [1.29, 1.82) is 0 Å². The molecule has 3 aromatic carbocycles. The molecule has 0 radical (unpaired) electrons. The van der Waals surface area contributed by atoms with Crippen molar-refractivity contribution < 1.29 is 19.7 Å². The highest BCUT2D eigenvalue weighted by molar-refractivity contribution is 5.57. The second-order valence-electron chi connectivity index (χ2n) is 6.02. The zero-order chi connectivity index (χ0) is 17.4. The van der Waals surface area contributed by atoms with Crippen LogP contribution in [0.1, 0.15) is 30.4 Å². The number of hydrogen-bond donors (Lipinski definition) is 2. The third kappa shape index (κ3) is 2.66. The Morgan fingerprint density at radius 3 is 1.56 bits per heavy atom. The SMILES string of the molecule is CCC1c2cccc(c2O)Oc2ccc(cc2)Oc2cccc1c2O. The van der Waals surface area contributed by atoms with Gasteiger partial charge in [0.15, 0.2) is 23.0 Å². The highest BCUT2D eigenvalue weighted by Gasteiger charge is 2.23. The van der Waals surface area contributed by atoms with Gasteiger partial charge in [-0.15, -0.1) is 0 Å². The first-order valence-electron chi connectivity index (χ1n) is 8.27. The molecule has 0 aliphatic carbocycles. The van der Waals surface area contributed by atoms with Crippen molar-refractivity contribution in [2.24, 2.45) is 0 Å². The topological polar surface area (TPSA) is 58.9 Å². The molecule has 2 heterocycles. The second kappa shape index (κ2) is 6.06. The van der Waals surface area contributed by atoms with Crippen LogP contribution in [-0.4, -0.2) is 10.2 Å². The summed E-state index contributed by atoms with van der Waals surface area (Å²) in [4.78, 5) is 0. The molecule has 6 bridgehead atoms. The van der Waals surface area contributed by atoms with E-state index in [1.807, 2.05) is 31.2 Å².